The van der Waals surface area contributed by atoms with E-state index in [0.29, 0.717) is 18.3 Å². The van der Waals surface area contributed by atoms with E-state index < -0.39 is 11.9 Å². The number of aryl methyl sites for hydroxylation is 2. The second-order valence-corrected chi connectivity index (χ2v) is 5.90. The van der Waals surface area contributed by atoms with Crippen molar-refractivity contribution in [1.29, 1.82) is 0 Å². The lowest BCUT2D eigenvalue weighted by molar-refractivity contribution is -0.141. The van der Waals surface area contributed by atoms with Crippen LogP contribution in [-0.2, 0) is 6.18 Å². The molecule has 3 heterocycles. The van der Waals surface area contributed by atoms with Gasteiger partial charge in [-0.3, -0.25) is 0 Å². The van der Waals surface area contributed by atoms with Crippen LogP contribution in [0.1, 0.15) is 41.5 Å². The van der Waals surface area contributed by atoms with Crippen LogP contribution < -0.4 is 4.90 Å². The first-order valence-corrected chi connectivity index (χ1v) is 7.52. The number of halogens is 3. The first kappa shape index (κ1) is 15.8. The Balaban J connectivity index is 1.78. The second-order valence-electron chi connectivity index (χ2n) is 5.90. The summed E-state index contributed by atoms with van der Waals surface area (Å²) in [5.74, 6) is 0.927. The highest BCUT2D eigenvalue weighted by Crippen LogP contribution is 2.31. The minimum Gasteiger partial charge on any atom is -0.340 e. The number of nitrogens with zero attached hydrogens (tertiary/aromatic N) is 4. The predicted molar refractivity (Wildman–Crippen MR) is 79.3 cm³/mol. The fraction of sp³-hybridized carbons (Fsp3) is 0.533. The van der Waals surface area contributed by atoms with Gasteiger partial charge in [0.05, 0.1) is 6.20 Å². The fourth-order valence-electron chi connectivity index (χ4n) is 2.74. The summed E-state index contributed by atoms with van der Waals surface area (Å²) in [5, 5.41) is 0. The van der Waals surface area contributed by atoms with Gasteiger partial charge in [-0.1, -0.05) is 0 Å². The molecule has 124 valence electrons. The SMILES string of the molecule is Cc1cnc(N2CCC[C@H](c3ncc(C(F)(F)F)[nH]3)C2)nc1C. The monoisotopic (exact) mass is 325 g/mol. The molecule has 0 aromatic carbocycles. The lowest BCUT2D eigenvalue weighted by atomic mass is 9.97. The van der Waals surface area contributed by atoms with Gasteiger partial charge in [-0.2, -0.15) is 13.2 Å². The summed E-state index contributed by atoms with van der Waals surface area (Å²) in [4.78, 5) is 17.2. The van der Waals surface area contributed by atoms with Crippen molar-refractivity contribution in [3.8, 4) is 0 Å². The van der Waals surface area contributed by atoms with Crippen LogP contribution in [0.3, 0.4) is 0 Å². The highest BCUT2D eigenvalue weighted by atomic mass is 19.4. The van der Waals surface area contributed by atoms with Crippen LogP contribution in [0.4, 0.5) is 19.1 Å². The molecule has 5 nitrogen and oxygen atoms in total. The summed E-state index contributed by atoms with van der Waals surface area (Å²) < 4.78 is 38.1. The van der Waals surface area contributed by atoms with Crippen LogP contribution in [0, 0.1) is 13.8 Å². The van der Waals surface area contributed by atoms with Crippen molar-refractivity contribution in [2.45, 2.75) is 38.8 Å². The van der Waals surface area contributed by atoms with E-state index in [1.165, 1.54) is 0 Å². The third-order valence-corrected chi connectivity index (χ3v) is 4.20. The van der Waals surface area contributed by atoms with E-state index in [1.54, 1.807) is 6.20 Å². The van der Waals surface area contributed by atoms with Gasteiger partial charge >= 0.3 is 6.18 Å². The van der Waals surface area contributed by atoms with Crippen molar-refractivity contribution >= 4 is 5.95 Å². The number of imidazole rings is 1. The van der Waals surface area contributed by atoms with Gasteiger partial charge in [0.25, 0.3) is 0 Å². The summed E-state index contributed by atoms with van der Waals surface area (Å²) in [6.07, 6.45) is -0.0946. The first-order chi connectivity index (χ1) is 10.8. The summed E-state index contributed by atoms with van der Waals surface area (Å²) in [6, 6.07) is 0. The molecule has 1 aliphatic rings. The van der Waals surface area contributed by atoms with Crippen molar-refractivity contribution in [3.05, 3.63) is 35.2 Å². The molecule has 0 amide bonds. The van der Waals surface area contributed by atoms with E-state index in [0.717, 1.165) is 36.8 Å². The Morgan fingerprint density at radius 3 is 2.65 bits per heavy atom. The Morgan fingerprint density at radius 1 is 1.22 bits per heavy atom. The van der Waals surface area contributed by atoms with E-state index in [-0.39, 0.29) is 5.92 Å². The van der Waals surface area contributed by atoms with Crippen LogP contribution in [0.25, 0.3) is 0 Å². The maximum absolute atomic E-state index is 12.7. The van der Waals surface area contributed by atoms with Crippen LogP contribution in [0.2, 0.25) is 0 Å². The molecule has 0 bridgehead atoms. The molecular formula is C15H18F3N5. The number of H-pyrrole nitrogens is 1. The average Bonchev–Trinajstić information content (AvgIpc) is 3.00. The van der Waals surface area contributed by atoms with Crippen molar-refractivity contribution in [2.24, 2.45) is 0 Å². The molecule has 0 unspecified atom stereocenters. The zero-order chi connectivity index (χ0) is 16.6. The van der Waals surface area contributed by atoms with Gasteiger partial charge in [0.15, 0.2) is 0 Å². The molecule has 1 atom stereocenters. The number of alkyl halides is 3. The smallest absolute Gasteiger partial charge is 0.340 e. The van der Waals surface area contributed by atoms with Gasteiger partial charge in [0.2, 0.25) is 5.95 Å². The molecule has 0 saturated carbocycles. The lowest BCUT2D eigenvalue weighted by Crippen LogP contribution is -2.36. The minimum atomic E-state index is -4.39. The molecule has 23 heavy (non-hydrogen) atoms. The number of piperidine rings is 1. The highest BCUT2D eigenvalue weighted by molar-refractivity contribution is 5.34. The van der Waals surface area contributed by atoms with Crippen LogP contribution >= 0.6 is 0 Å². The number of anilines is 1. The average molecular weight is 325 g/mol. The topological polar surface area (TPSA) is 57.7 Å². The van der Waals surface area contributed by atoms with E-state index in [9.17, 15) is 13.2 Å². The van der Waals surface area contributed by atoms with Crippen molar-refractivity contribution < 1.29 is 13.2 Å². The standard InChI is InChI=1S/C15H18F3N5/c1-9-6-20-14(21-10(9)2)23-5-3-4-11(8-23)13-19-7-12(22-13)15(16,17)18/h6-7,11H,3-5,8H2,1-2H3,(H,19,22)/t11-/m0/s1. The number of aromatic amines is 1. The molecule has 8 heteroatoms. The molecule has 2 aromatic rings. The Hall–Kier alpha value is -2.12. The zero-order valence-electron chi connectivity index (χ0n) is 13.0. The molecule has 1 saturated heterocycles. The van der Waals surface area contributed by atoms with Crippen molar-refractivity contribution in [3.63, 3.8) is 0 Å². The molecule has 0 radical (unpaired) electrons. The molecule has 0 aliphatic carbocycles. The predicted octanol–water partition coefficient (Wildman–Crippen LogP) is 3.22. The van der Waals surface area contributed by atoms with Crippen LogP contribution in [-0.4, -0.2) is 33.0 Å². The summed E-state index contributed by atoms with van der Waals surface area (Å²) in [5.41, 5.74) is 1.13. The van der Waals surface area contributed by atoms with Crippen LogP contribution in [0.15, 0.2) is 12.4 Å². The fourth-order valence-corrected chi connectivity index (χ4v) is 2.74. The van der Waals surface area contributed by atoms with Gasteiger partial charge in [-0.25, -0.2) is 15.0 Å². The number of hydrogen-bond acceptors (Lipinski definition) is 4. The van der Waals surface area contributed by atoms with Crippen molar-refractivity contribution in [2.75, 3.05) is 18.0 Å². The zero-order valence-corrected chi connectivity index (χ0v) is 13.0. The quantitative estimate of drug-likeness (QED) is 0.921. The number of hydrogen-bond donors (Lipinski definition) is 1. The normalized spacial score (nSPS) is 19.2. The first-order valence-electron chi connectivity index (χ1n) is 7.52. The van der Waals surface area contributed by atoms with Gasteiger partial charge in [0, 0.05) is 30.9 Å². The third kappa shape index (κ3) is 3.30. The van der Waals surface area contributed by atoms with Gasteiger partial charge in [-0.15, -0.1) is 0 Å². The largest absolute Gasteiger partial charge is 0.432 e. The molecule has 2 aromatic heterocycles. The molecule has 1 fully saturated rings. The second kappa shape index (κ2) is 5.82. The van der Waals surface area contributed by atoms with Gasteiger partial charge in [-0.05, 0) is 32.3 Å². The number of nitrogens with one attached hydrogen (secondary N) is 1. The minimum absolute atomic E-state index is 0.0786. The Morgan fingerprint density at radius 2 is 2.00 bits per heavy atom. The Kier molecular flexibility index (Phi) is 3.99. The maximum atomic E-state index is 12.7. The molecule has 3 rings (SSSR count). The third-order valence-electron chi connectivity index (χ3n) is 4.20. The maximum Gasteiger partial charge on any atom is 0.432 e. The van der Waals surface area contributed by atoms with E-state index in [2.05, 4.69) is 19.9 Å². The summed E-state index contributed by atoms with van der Waals surface area (Å²) in [6.45, 7) is 5.23. The molecular weight excluding hydrogens is 307 g/mol. The van der Waals surface area contributed by atoms with Gasteiger partial charge < -0.3 is 9.88 Å². The van der Waals surface area contributed by atoms with Crippen LogP contribution in [0.5, 0.6) is 0 Å². The molecule has 0 spiro atoms. The van der Waals surface area contributed by atoms with Gasteiger partial charge in [0.1, 0.15) is 11.5 Å². The Bertz CT molecular complexity index is 695. The van der Waals surface area contributed by atoms with E-state index in [1.807, 2.05) is 18.7 Å². The lowest BCUT2D eigenvalue weighted by Gasteiger charge is -2.32. The Labute approximate surface area is 132 Å². The molecule has 1 aliphatic heterocycles. The van der Waals surface area contributed by atoms with Crippen molar-refractivity contribution in [1.82, 2.24) is 19.9 Å². The molecule has 1 N–H and O–H groups in total. The van der Waals surface area contributed by atoms with E-state index >= 15 is 0 Å². The highest BCUT2D eigenvalue weighted by Gasteiger charge is 2.34. The summed E-state index contributed by atoms with van der Waals surface area (Å²) in [7, 11) is 0. The number of rotatable bonds is 2. The summed E-state index contributed by atoms with van der Waals surface area (Å²) >= 11 is 0. The van der Waals surface area contributed by atoms with E-state index in [4.69, 9.17) is 0 Å². The number of aromatic nitrogens is 4.